The summed E-state index contributed by atoms with van der Waals surface area (Å²) >= 11 is 0. The first-order chi connectivity index (χ1) is 10.6. The van der Waals surface area contributed by atoms with Crippen LogP contribution in [0, 0.1) is 17.3 Å². The van der Waals surface area contributed by atoms with E-state index in [1.165, 1.54) is 0 Å². The summed E-state index contributed by atoms with van der Waals surface area (Å²) in [5.74, 6) is -0.622. The van der Waals surface area contributed by atoms with Gasteiger partial charge in [-0.15, -0.1) is 0 Å². The molecule has 3 rings (SSSR count). The molecule has 1 saturated carbocycles. The number of nitrogens with zero attached hydrogens (tertiary/aromatic N) is 4. The van der Waals surface area contributed by atoms with Crippen LogP contribution in [0.25, 0.3) is 10.4 Å². The molecule has 1 aliphatic heterocycles. The van der Waals surface area contributed by atoms with E-state index in [4.69, 9.17) is 10.3 Å². The predicted octanol–water partition coefficient (Wildman–Crippen LogP) is 2.73. The van der Waals surface area contributed by atoms with E-state index in [1.54, 1.807) is 4.90 Å². The van der Waals surface area contributed by atoms with E-state index in [1.807, 2.05) is 37.3 Å². The molecule has 1 heterocycles. The number of carbonyl (C=O) groups is 2. The zero-order valence-electron chi connectivity index (χ0n) is 12.2. The summed E-state index contributed by atoms with van der Waals surface area (Å²) in [6.45, 7) is 3.11. The van der Waals surface area contributed by atoms with E-state index >= 15 is 0 Å². The monoisotopic (exact) mass is 300 g/mol. The highest BCUT2D eigenvalue weighted by molar-refractivity contribution is 5.85. The van der Waals surface area contributed by atoms with Crippen molar-refractivity contribution in [3.63, 3.8) is 0 Å². The molecule has 3 unspecified atom stereocenters. The maximum atomic E-state index is 12.1. The van der Waals surface area contributed by atoms with Crippen LogP contribution in [0.2, 0.25) is 0 Å². The van der Waals surface area contributed by atoms with Gasteiger partial charge in [-0.1, -0.05) is 37.3 Å². The van der Waals surface area contributed by atoms with Gasteiger partial charge in [0.15, 0.2) is 0 Å². The van der Waals surface area contributed by atoms with Crippen LogP contribution in [0.15, 0.2) is 35.4 Å². The molecule has 1 aromatic rings. The smallest absolute Gasteiger partial charge is 0.410 e. The third kappa shape index (κ3) is 2.40. The minimum atomic E-state index is -0.424. The van der Waals surface area contributed by atoms with Crippen LogP contribution in [0.5, 0.6) is 0 Å². The predicted molar refractivity (Wildman–Crippen MR) is 77.4 cm³/mol. The van der Waals surface area contributed by atoms with Gasteiger partial charge in [0.2, 0.25) is 5.91 Å². The number of piperidine rings is 1. The van der Waals surface area contributed by atoms with Crippen LogP contribution in [0.1, 0.15) is 12.5 Å². The number of benzene rings is 1. The number of ether oxygens (including phenoxy) is 1. The van der Waals surface area contributed by atoms with Gasteiger partial charge >= 0.3 is 6.09 Å². The highest BCUT2D eigenvalue weighted by Gasteiger charge is 2.69. The molecule has 2 fully saturated rings. The first-order valence-corrected chi connectivity index (χ1v) is 7.11. The molecule has 114 valence electrons. The lowest BCUT2D eigenvalue weighted by molar-refractivity contribution is -0.120. The highest BCUT2D eigenvalue weighted by Crippen LogP contribution is 2.63. The van der Waals surface area contributed by atoms with Crippen LogP contribution in [-0.4, -0.2) is 30.0 Å². The molecule has 7 heteroatoms. The van der Waals surface area contributed by atoms with Gasteiger partial charge in [0.25, 0.3) is 0 Å². The molecule has 22 heavy (non-hydrogen) atoms. The molecule has 0 N–H and O–H groups in total. The summed E-state index contributed by atoms with van der Waals surface area (Å²) in [6, 6.07) is 9.47. The fraction of sp³-hybridized carbons (Fsp3) is 0.467. The topological polar surface area (TPSA) is 95.4 Å². The van der Waals surface area contributed by atoms with Crippen molar-refractivity contribution in [2.75, 3.05) is 13.1 Å². The van der Waals surface area contributed by atoms with Gasteiger partial charge in [-0.05, 0) is 22.1 Å². The van der Waals surface area contributed by atoms with Crippen LogP contribution in [-0.2, 0) is 16.1 Å². The molecule has 0 aromatic heterocycles. The fourth-order valence-electron chi connectivity index (χ4n) is 3.41. The Hall–Kier alpha value is -2.53. The zero-order valence-corrected chi connectivity index (χ0v) is 12.2. The molecule has 1 saturated heterocycles. The van der Waals surface area contributed by atoms with E-state index in [2.05, 4.69) is 10.0 Å². The molecule has 0 spiro atoms. The third-order valence-electron chi connectivity index (χ3n) is 4.67. The van der Waals surface area contributed by atoms with Crippen LogP contribution in [0.4, 0.5) is 4.79 Å². The van der Waals surface area contributed by atoms with Gasteiger partial charge in [0, 0.05) is 29.3 Å². The van der Waals surface area contributed by atoms with Crippen LogP contribution in [0.3, 0.4) is 0 Å². The SMILES string of the molecule is CC12CN(C(=O)OCc3ccccc3)CC1C2C(=O)N=[N+]=[N-]. The Morgan fingerprint density at radius 2 is 2.18 bits per heavy atom. The standard InChI is InChI=1S/C15H16N4O3/c1-15-9-19(7-11(15)12(15)13(20)17-18-16)14(21)22-8-10-5-3-2-4-6-10/h2-6,11-12H,7-9H2,1H3. The second kappa shape index (κ2) is 5.35. The molecule has 1 aromatic carbocycles. The summed E-state index contributed by atoms with van der Waals surface area (Å²) in [6.07, 6.45) is -0.368. The number of carbonyl (C=O) groups excluding carboxylic acids is 2. The lowest BCUT2D eigenvalue weighted by Gasteiger charge is -2.21. The molecule has 7 nitrogen and oxygen atoms in total. The second-order valence-corrected chi connectivity index (χ2v) is 6.04. The van der Waals surface area contributed by atoms with E-state index < -0.39 is 5.91 Å². The van der Waals surface area contributed by atoms with Crippen molar-refractivity contribution in [3.8, 4) is 0 Å². The van der Waals surface area contributed by atoms with E-state index in [-0.39, 0.29) is 30.0 Å². The van der Waals surface area contributed by atoms with Gasteiger partial charge in [0.1, 0.15) is 6.61 Å². The molecule has 1 aliphatic carbocycles. The molecular weight excluding hydrogens is 284 g/mol. The number of hydrogen-bond acceptors (Lipinski definition) is 3. The Kier molecular flexibility index (Phi) is 3.50. The normalized spacial score (nSPS) is 28.5. The summed E-state index contributed by atoms with van der Waals surface area (Å²) in [4.78, 5) is 27.9. The number of fused-ring (bicyclic) bond motifs is 1. The van der Waals surface area contributed by atoms with Gasteiger partial charge < -0.3 is 9.64 Å². The Balaban J connectivity index is 1.53. The fourth-order valence-corrected chi connectivity index (χ4v) is 3.41. The van der Waals surface area contributed by atoms with Crippen molar-refractivity contribution in [2.45, 2.75) is 13.5 Å². The molecule has 0 bridgehead atoms. The first-order valence-electron chi connectivity index (χ1n) is 7.11. The summed E-state index contributed by atoms with van der Waals surface area (Å²) in [5.41, 5.74) is 8.98. The van der Waals surface area contributed by atoms with E-state index in [9.17, 15) is 9.59 Å². The molecular formula is C15H16N4O3. The van der Waals surface area contributed by atoms with E-state index in [0.29, 0.717) is 13.1 Å². The Labute approximate surface area is 127 Å². The molecule has 0 radical (unpaired) electrons. The highest BCUT2D eigenvalue weighted by atomic mass is 16.6. The minimum Gasteiger partial charge on any atom is -0.445 e. The van der Waals surface area contributed by atoms with Crippen molar-refractivity contribution in [3.05, 3.63) is 46.3 Å². The minimum absolute atomic E-state index is 0.0646. The van der Waals surface area contributed by atoms with Crippen molar-refractivity contribution < 1.29 is 14.3 Å². The second-order valence-electron chi connectivity index (χ2n) is 6.04. The summed E-state index contributed by atoms with van der Waals surface area (Å²) < 4.78 is 5.29. The van der Waals surface area contributed by atoms with E-state index in [0.717, 1.165) is 5.56 Å². The molecule has 2 amide bonds. The van der Waals surface area contributed by atoms with Gasteiger partial charge in [0.05, 0.1) is 0 Å². The zero-order chi connectivity index (χ0) is 15.7. The Morgan fingerprint density at radius 3 is 2.77 bits per heavy atom. The number of hydrogen-bond donors (Lipinski definition) is 0. The first kappa shape index (κ1) is 14.4. The lowest BCUT2D eigenvalue weighted by atomic mass is 10.1. The largest absolute Gasteiger partial charge is 0.445 e. The Bertz CT molecular complexity index is 656. The van der Waals surface area contributed by atoms with Crippen molar-refractivity contribution >= 4 is 12.0 Å². The number of azide groups is 1. The average molecular weight is 300 g/mol. The lowest BCUT2D eigenvalue weighted by Crippen LogP contribution is -2.34. The van der Waals surface area contributed by atoms with Crippen molar-refractivity contribution in [1.29, 1.82) is 0 Å². The molecule has 3 atom stereocenters. The van der Waals surface area contributed by atoms with Crippen LogP contribution < -0.4 is 0 Å². The maximum absolute atomic E-state index is 12.1. The van der Waals surface area contributed by atoms with Crippen molar-refractivity contribution in [2.24, 2.45) is 22.4 Å². The third-order valence-corrected chi connectivity index (χ3v) is 4.67. The molecule has 2 aliphatic rings. The van der Waals surface area contributed by atoms with Gasteiger partial charge in [-0.3, -0.25) is 4.79 Å². The number of rotatable bonds is 3. The average Bonchev–Trinajstić information content (AvgIpc) is 2.93. The number of amides is 2. The van der Waals surface area contributed by atoms with Gasteiger partial charge in [-0.25, -0.2) is 4.79 Å². The quantitative estimate of drug-likeness (QED) is 0.487. The summed E-state index contributed by atoms with van der Waals surface area (Å²) in [7, 11) is 0. The van der Waals surface area contributed by atoms with Gasteiger partial charge in [-0.2, -0.15) is 0 Å². The number of likely N-dealkylation sites (tertiary alicyclic amines) is 1. The van der Waals surface area contributed by atoms with Crippen molar-refractivity contribution in [1.82, 2.24) is 4.90 Å². The maximum Gasteiger partial charge on any atom is 0.410 e. The Morgan fingerprint density at radius 1 is 1.45 bits per heavy atom. The van der Waals surface area contributed by atoms with Crippen LogP contribution >= 0.6 is 0 Å². The summed E-state index contributed by atoms with van der Waals surface area (Å²) in [5, 5.41) is 3.17.